The van der Waals surface area contributed by atoms with Crippen molar-refractivity contribution < 1.29 is 13.2 Å². The van der Waals surface area contributed by atoms with Crippen molar-refractivity contribution in [3.8, 4) is 5.69 Å². The predicted octanol–water partition coefficient (Wildman–Crippen LogP) is 6.40. The highest BCUT2D eigenvalue weighted by Gasteiger charge is 2.27. The smallest absolute Gasteiger partial charge is 0.264 e. The van der Waals surface area contributed by atoms with Gasteiger partial charge < -0.3 is 4.57 Å². The summed E-state index contributed by atoms with van der Waals surface area (Å²) >= 11 is 18.2. The third kappa shape index (κ3) is 6.05. The molecule has 0 saturated heterocycles. The summed E-state index contributed by atoms with van der Waals surface area (Å²) in [6, 6.07) is 21.5. The van der Waals surface area contributed by atoms with Crippen LogP contribution < -0.4 is 9.73 Å². The number of sulfonamides is 1. The number of hydrazone groups is 1. The van der Waals surface area contributed by atoms with E-state index in [1.165, 1.54) is 36.5 Å². The third-order valence-electron chi connectivity index (χ3n) is 5.76. The minimum Gasteiger partial charge on any atom is -0.318 e. The number of hydrogen-bond donors (Lipinski definition) is 1. The molecular weight excluding hydrogens is 567 g/mol. The number of carbonyl (C=O) groups is 1. The second-order valence-corrected chi connectivity index (χ2v) is 11.5. The number of nitrogens with zero attached hydrogens (tertiary/aromatic N) is 3. The number of carbonyl (C=O) groups excluding carboxylic acids is 1. The monoisotopic (exact) mass is 588 g/mol. The van der Waals surface area contributed by atoms with Crippen LogP contribution in [0.4, 0.5) is 5.69 Å². The Morgan fingerprint density at radius 2 is 1.63 bits per heavy atom. The molecule has 4 aromatic rings. The van der Waals surface area contributed by atoms with Gasteiger partial charge in [0, 0.05) is 27.7 Å². The molecule has 0 aliphatic rings. The van der Waals surface area contributed by atoms with Gasteiger partial charge in [-0.3, -0.25) is 9.10 Å². The number of rotatable bonds is 8. The minimum absolute atomic E-state index is 0.0250. The van der Waals surface area contributed by atoms with Crippen LogP contribution in [-0.4, -0.2) is 31.7 Å². The lowest BCUT2D eigenvalue weighted by Gasteiger charge is -2.24. The van der Waals surface area contributed by atoms with Gasteiger partial charge in [-0.15, -0.1) is 0 Å². The van der Waals surface area contributed by atoms with Gasteiger partial charge in [0.1, 0.15) is 6.54 Å². The Bertz CT molecular complexity index is 1600. The maximum atomic E-state index is 13.4. The molecule has 7 nitrogen and oxygen atoms in total. The van der Waals surface area contributed by atoms with Crippen molar-refractivity contribution in [2.45, 2.75) is 18.7 Å². The number of hydrogen-bond acceptors (Lipinski definition) is 4. The first kappa shape index (κ1) is 27.7. The van der Waals surface area contributed by atoms with Crippen LogP contribution in [-0.2, 0) is 14.8 Å². The molecule has 0 radical (unpaired) electrons. The molecule has 0 spiro atoms. The van der Waals surface area contributed by atoms with Crippen molar-refractivity contribution in [1.82, 2.24) is 9.99 Å². The molecule has 1 heterocycles. The first-order valence-electron chi connectivity index (χ1n) is 11.4. The van der Waals surface area contributed by atoms with E-state index < -0.39 is 22.5 Å². The van der Waals surface area contributed by atoms with Crippen molar-refractivity contribution in [3.63, 3.8) is 0 Å². The molecule has 196 valence electrons. The SMILES string of the molecule is Cc1cc(/C=N\NC(=O)CN(c2ccc(Cl)c(Cl)c2)S(=O)(=O)c2ccccc2)c(C)n1-c1ccc(Cl)cc1. The number of nitrogens with one attached hydrogen (secondary N) is 1. The van der Waals surface area contributed by atoms with Crippen molar-refractivity contribution in [1.29, 1.82) is 0 Å². The third-order valence-corrected chi connectivity index (χ3v) is 8.54. The van der Waals surface area contributed by atoms with Crippen molar-refractivity contribution in [3.05, 3.63) is 111 Å². The number of aryl methyl sites for hydroxylation is 1. The molecule has 1 amide bonds. The molecule has 1 aromatic heterocycles. The molecule has 11 heteroatoms. The van der Waals surface area contributed by atoms with Gasteiger partial charge in [0.25, 0.3) is 15.9 Å². The molecular formula is C27H23Cl3N4O3S. The van der Waals surface area contributed by atoms with Crippen molar-refractivity contribution in [2.24, 2.45) is 5.10 Å². The Morgan fingerprint density at radius 1 is 0.947 bits per heavy atom. The zero-order valence-electron chi connectivity index (χ0n) is 20.4. The molecule has 0 aliphatic heterocycles. The molecule has 1 N–H and O–H groups in total. The average Bonchev–Trinajstić information content (AvgIpc) is 3.18. The summed E-state index contributed by atoms with van der Waals surface area (Å²) in [5.74, 6) is -0.640. The van der Waals surface area contributed by atoms with Crippen LogP contribution in [0.2, 0.25) is 15.1 Å². The maximum Gasteiger partial charge on any atom is 0.264 e. The quantitative estimate of drug-likeness (QED) is 0.191. The van der Waals surface area contributed by atoms with Crippen LogP contribution in [0, 0.1) is 13.8 Å². The molecule has 0 fully saturated rings. The number of benzene rings is 3. The fraction of sp³-hybridized carbons (Fsp3) is 0.111. The van der Waals surface area contributed by atoms with E-state index in [9.17, 15) is 13.2 Å². The van der Waals surface area contributed by atoms with E-state index in [-0.39, 0.29) is 20.6 Å². The summed E-state index contributed by atoms with van der Waals surface area (Å²) in [7, 11) is -4.09. The average molecular weight is 590 g/mol. The van der Waals surface area contributed by atoms with Crippen LogP contribution in [0.3, 0.4) is 0 Å². The van der Waals surface area contributed by atoms with Crippen LogP contribution in [0.1, 0.15) is 17.0 Å². The molecule has 0 saturated carbocycles. The second kappa shape index (κ2) is 11.6. The minimum atomic E-state index is -4.09. The van der Waals surface area contributed by atoms with Crippen molar-refractivity contribution in [2.75, 3.05) is 10.8 Å². The van der Waals surface area contributed by atoms with Crippen LogP contribution in [0.25, 0.3) is 5.69 Å². The van der Waals surface area contributed by atoms with E-state index >= 15 is 0 Å². The molecule has 4 rings (SSSR count). The van der Waals surface area contributed by atoms with Gasteiger partial charge in [0.2, 0.25) is 0 Å². The fourth-order valence-corrected chi connectivity index (χ4v) is 5.77. The van der Waals surface area contributed by atoms with Gasteiger partial charge in [-0.05, 0) is 74.5 Å². The summed E-state index contributed by atoms with van der Waals surface area (Å²) in [5, 5.41) is 5.13. The van der Waals surface area contributed by atoms with Gasteiger partial charge in [-0.2, -0.15) is 5.10 Å². The summed E-state index contributed by atoms with van der Waals surface area (Å²) in [4.78, 5) is 12.9. The van der Waals surface area contributed by atoms with E-state index in [2.05, 4.69) is 10.5 Å². The van der Waals surface area contributed by atoms with Crippen LogP contribution in [0.5, 0.6) is 0 Å². The molecule has 0 unspecified atom stereocenters. The Balaban J connectivity index is 1.56. The Labute approximate surface area is 236 Å². The van der Waals surface area contributed by atoms with Crippen molar-refractivity contribution >= 4 is 62.6 Å². The predicted molar refractivity (Wildman–Crippen MR) is 153 cm³/mol. The number of amides is 1. The first-order chi connectivity index (χ1) is 18.1. The normalized spacial score (nSPS) is 11.6. The van der Waals surface area contributed by atoms with Gasteiger partial charge in [-0.25, -0.2) is 13.8 Å². The molecule has 0 aliphatic carbocycles. The summed E-state index contributed by atoms with van der Waals surface area (Å²) < 4.78 is 29.8. The van der Waals surface area contributed by atoms with Gasteiger partial charge in [0.05, 0.1) is 26.8 Å². The molecule has 0 bridgehead atoms. The topological polar surface area (TPSA) is 83.8 Å². The van der Waals surface area contributed by atoms with Crippen LogP contribution in [0.15, 0.2) is 88.9 Å². The Morgan fingerprint density at radius 3 is 2.29 bits per heavy atom. The highest BCUT2D eigenvalue weighted by atomic mass is 35.5. The van der Waals surface area contributed by atoms with Crippen LogP contribution >= 0.6 is 34.8 Å². The van der Waals surface area contributed by atoms with Gasteiger partial charge >= 0.3 is 0 Å². The first-order valence-corrected chi connectivity index (χ1v) is 13.9. The zero-order valence-corrected chi connectivity index (χ0v) is 23.5. The highest BCUT2D eigenvalue weighted by molar-refractivity contribution is 7.92. The molecule has 38 heavy (non-hydrogen) atoms. The number of halogens is 3. The Kier molecular flexibility index (Phi) is 8.47. The van der Waals surface area contributed by atoms with E-state index in [1.807, 2.05) is 48.7 Å². The second-order valence-electron chi connectivity index (χ2n) is 8.35. The van der Waals surface area contributed by atoms with E-state index in [4.69, 9.17) is 34.8 Å². The summed E-state index contributed by atoms with van der Waals surface area (Å²) in [6.07, 6.45) is 1.52. The van der Waals surface area contributed by atoms with Gasteiger partial charge in [-0.1, -0.05) is 53.0 Å². The maximum absolute atomic E-state index is 13.4. The lowest BCUT2D eigenvalue weighted by atomic mass is 10.2. The summed E-state index contributed by atoms with van der Waals surface area (Å²) in [6.45, 7) is 3.36. The number of anilines is 1. The highest BCUT2D eigenvalue weighted by Crippen LogP contribution is 2.30. The van der Waals surface area contributed by atoms with E-state index in [0.29, 0.717) is 5.02 Å². The zero-order chi connectivity index (χ0) is 27.4. The standard InChI is InChI=1S/C27H23Cl3N4O3S/c1-18-14-20(19(2)34(18)22-10-8-21(28)9-11-22)16-31-32-27(35)17-33(23-12-13-25(29)26(30)15-23)38(36,37)24-6-4-3-5-7-24/h3-16H,17H2,1-2H3,(H,32,35)/b31-16-. The number of aromatic nitrogens is 1. The molecule has 3 aromatic carbocycles. The lowest BCUT2D eigenvalue weighted by Crippen LogP contribution is -2.39. The van der Waals surface area contributed by atoms with E-state index in [0.717, 1.165) is 26.9 Å². The van der Waals surface area contributed by atoms with Gasteiger partial charge in [0.15, 0.2) is 0 Å². The molecule has 0 atom stereocenters. The largest absolute Gasteiger partial charge is 0.318 e. The Hall–Kier alpha value is -3.30. The summed E-state index contributed by atoms with van der Waals surface area (Å²) in [5.41, 5.74) is 6.22. The fourth-order valence-electron chi connectivity index (χ4n) is 3.92. The lowest BCUT2D eigenvalue weighted by molar-refractivity contribution is -0.119. The van der Waals surface area contributed by atoms with E-state index in [1.54, 1.807) is 18.2 Å².